The van der Waals surface area contributed by atoms with Crippen molar-refractivity contribution >= 4 is 27.6 Å². The second kappa shape index (κ2) is 7.60. The predicted octanol–water partition coefficient (Wildman–Crippen LogP) is 4.21. The van der Waals surface area contributed by atoms with Gasteiger partial charge in [0.2, 0.25) is 0 Å². The minimum Gasteiger partial charge on any atom is -0.294 e. The summed E-state index contributed by atoms with van der Waals surface area (Å²) < 4.78 is 0. The first-order valence-electron chi connectivity index (χ1n) is 7.53. The van der Waals surface area contributed by atoms with E-state index in [9.17, 15) is 4.79 Å². The van der Waals surface area contributed by atoms with Crippen LogP contribution in [0.3, 0.4) is 0 Å². The summed E-state index contributed by atoms with van der Waals surface area (Å²) in [6.45, 7) is 0. The number of fused-ring (bicyclic) bond motifs is 3. The average Bonchev–Trinajstić information content (AvgIpc) is 2.62. The second-order valence-electron chi connectivity index (χ2n) is 5.48. The summed E-state index contributed by atoms with van der Waals surface area (Å²) in [5.41, 5.74) is 3.31. The van der Waals surface area contributed by atoms with Crippen LogP contribution in [0.15, 0.2) is 72.9 Å². The van der Waals surface area contributed by atoms with E-state index in [2.05, 4.69) is 4.98 Å². The molecule has 0 N–H and O–H groups in total. The number of ketones is 1. The van der Waals surface area contributed by atoms with E-state index in [1.165, 1.54) is 0 Å². The first-order valence-corrected chi connectivity index (χ1v) is 7.53. The normalized spacial score (nSPS) is 10.5. The number of Topliss-reactive ketones (excluding diaryl/α,β-unsaturated/α-hetero) is 1. The van der Waals surface area contributed by atoms with Crippen LogP contribution < -0.4 is 0 Å². The number of benzene rings is 2. The monoisotopic (exact) mass is 451 g/mol. The molecule has 0 fully saturated rings. The summed E-state index contributed by atoms with van der Waals surface area (Å²) in [6.07, 6.45) is 2.08. The number of pyridine rings is 2. The zero-order valence-corrected chi connectivity index (χ0v) is 15.2. The van der Waals surface area contributed by atoms with Crippen LogP contribution in [0, 0.1) is 49.4 Å². The number of nitrogens with zero attached hydrogens (tertiary/aromatic N) is 2. The first kappa shape index (κ1) is 17.3. The Balaban J connectivity index is 0.00000169. The molecule has 0 saturated heterocycles. The van der Waals surface area contributed by atoms with Gasteiger partial charge < -0.3 is 0 Å². The Morgan fingerprint density at radius 2 is 1.67 bits per heavy atom. The van der Waals surface area contributed by atoms with Crippen molar-refractivity contribution in [2.45, 2.75) is 6.42 Å². The standard InChI is InChI=1S/C20H14N2O.Eu/c23-19(14-5-2-1-3-6-14)13-16-10-8-15-9-11-18-17(20(15)22-16)7-4-12-21-18;/h1-12H,13H2;. The molecular formula is C20H14EuN2O. The fourth-order valence-electron chi connectivity index (χ4n) is 2.77. The van der Waals surface area contributed by atoms with Gasteiger partial charge in [0.25, 0.3) is 0 Å². The van der Waals surface area contributed by atoms with Gasteiger partial charge in [0.1, 0.15) is 0 Å². The molecule has 2 aromatic heterocycles. The van der Waals surface area contributed by atoms with Gasteiger partial charge in [0.05, 0.1) is 17.5 Å². The molecule has 0 unspecified atom stereocenters. The smallest absolute Gasteiger partial charge is 0.168 e. The van der Waals surface area contributed by atoms with Gasteiger partial charge in [0.15, 0.2) is 5.78 Å². The van der Waals surface area contributed by atoms with Gasteiger partial charge in [-0.2, -0.15) is 0 Å². The molecule has 24 heavy (non-hydrogen) atoms. The minimum atomic E-state index is 0. The van der Waals surface area contributed by atoms with Crippen LogP contribution in [0.5, 0.6) is 0 Å². The van der Waals surface area contributed by atoms with E-state index in [4.69, 9.17) is 4.98 Å². The third-order valence-electron chi connectivity index (χ3n) is 3.94. The van der Waals surface area contributed by atoms with Crippen molar-refractivity contribution in [2.24, 2.45) is 0 Å². The fourth-order valence-corrected chi connectivity index (χ4v) is 2.77. The van der Waals surface area contributed by atoms with Crippen molar-refractivity contribution in [1.29, 1.82) is 0 Å². The van der Waals surface area contributed by atoms with Crippen LogP contribution in [0.25, 0.3) is 21.8 Å². The summed E-state index contributed by atoms with van der Waals surface area (Å²) >= 11 is 0. The zero-order valence-electron chi connectivity index (χ0n) is 12.8. The van der Waals surface area contributed by atoms with Gasteiger partial charge in [-0.1, -0.05) is 42.5 Å². The molecule has 3 nitrogen and oxygen atoms in total. The molecule has 0 aliphatic rings. The largest absolute Gasteiger partial charge is 0.294 e. The van der Waals surface area contributed by atoms with Crippen molar-refractivity contribution in [3.8, 4) is 0 Å². The number of aromatic nitrogens is 2. The third-order valence-corrected chi connectivity index (χ3v) is 3.94. The van der Waals surface area contributed by atoms with E-state index in [1.54, 1.807) is 6.20 Å². The number of carbonyl (C=O) groups excluding carboxylic acids is 1. The molecule has 0 atom stereocenters. The van der Waals surface area contributed by atoms with Crippen molar-refractivity contribution < 1.29 is 54.2 Å². The molecule has 2 aromatic carbocycles. The van der Waals surface area contributed by atoms with Gasteiger partial charge in [-0.15, -0.1) is 0 Å². The predicted molar refractivity (Wildman–Crippen MR) is 91.5 cm³/mol. The number of carbonyl (C=O) groups is 1. The van der Waals surface area contributed by atoms with E-state index < -0.39 is 0 Å². The molecule has 0 aliphatic heterocycles. The van der Waals surface area contributed by atoms with Crippen molar-refractivity contribution in [3.05, 3.63) is 84.2 Å². The molecule has 4 rings (SSSR count). The Bertz CT molecular complexity index is 1020. The van der Waals surface area contributed by atoms with E-state index in [0.717, 1.165) is 27.5 Å². The van der Waals surface area contributed by atoms with Crippen molar-refractivity contribution in [2.75, 3.05) is 0 Å². The molecule has 0 amide bonds. The van der Waals surface area contributed by atoms with Gasteiger partial charge in [-0.25, -0.2) is 0 Å². The zero-order chi connectivity index (χ0) is 15.6. The van der Waals surface area contributed by atoms with E-state index in [-0.39, 0.29) is 55.2 Å². The second-order valence-corrected chi connectivity index (χ2v) is 5.48. The molecule has 4 heteroatoms. The molecule has 2 heterocycles. The summed E-state index contributed by atoms with van der Waals surface area (Å²) in [5.74, 6) is 0.0795. The number of hydrogen-bond acceptors (Lipinski definition) is 3. The summed E-state index contributed by atoms with van der Waals surface area (Å²) in [7, 11) is 0. The van der Waals surface area contributed by atoms with E-state index in [1.807, 2.05) is 66.7 Å². The SMILES string of the molecule is O=C(Cc1ccc2ccc3ncccc3c2n1)c1ccccc1.[Eu]. The van der Waals surface area contributed by atoms with Gasteiger partial charge in [0, 0.05) is 77.6 Å². The molecular weight excluding hydrogens is 436 g/mol. The van der Waals surface area contributed by atoms with Crippen LogP contribution in [0.2, 0.25) is 0 Å². The Morgan fingerprint density at radius 1 is 0.875 bits per heavy atom. The van der Waals surface area contributed by atoms with Crippen LogP contribution in [-0.2, 0) is 6.42 Å². The third kappa shape index (κ3) is 3.46. The van der Waals surface area contributed by atoms with Gasteiger partial charge >= 0.3 is 0 Å². The van der Waals surface area contributed by atoms with E-state index >= 15 is 0 Å². The van der Waals surface area contributed by atoms with Crippen LogP contribution in [0.1, 0.15) is 16.1 Å². The summed E-state index contributed by atoms with van der Waals surface area (Å²) in [4.78, 5) is 21.4. The Labute approximate surface area is 180 Å². The Hall–Kier alpha value is -1.49. The average molecular weight is 450 g/mol. The van der Waals surface area contributed by atoms with Crippen LogP contribution >= 0.6 is 0 Å². The van der Waals surface area contributed by atoms with Crippen LogP contribution in [0.4, 0.5) is 0 Å². The van der Waals surface area contributed by atoms with Gasteiger partial charge in [-0.05, 0) is 24.3 Å². The first-order chi connectivity index (χ1) is 11.3. The molecule has 1 radical (unpaired) electrons. The molecule has 0 aliphatic carbocycles. The Kier molecular flexibility index (Phi) is 5.49. The fraction of sp³-hybridized carbons (Fsp3) is 0.0500. The quantitative estimate of drug-likeness (QED) is 0.347. The molecule has 0 saturated carbocycles. The summed E-state index contributed by atoms with van der Waals surface area (Å²) in [6, 6.07) is 21.2. The maximum absolute atomic E-state index is 12.4. The molecule has 117 valence electrons. The molecule has 0 bridgehead atoms. The van der Waals surface area contributed by atoms with Crippen molar-refractivity contribution in [3.63, 3.8) is 0 Å². The topological polar surface area (TPSA) is 42.9 Å². The molecule has 4 aromatic rings. The van der Waals surface area contributed by atoms with Gasteiger partial charge in [-0.3, -0.25) is 14.8 Å². The summed E-state index contributed by atoms with van der Waals surface area (Å²) in [5, 5.41) is 2.07. The number of hydrogen-bond donors (Lipinski definition) is 0. The number of rotatable bonds is 3. The maximum Gasteiger partial charge on any atom is 0.168 e. The molecule has 0 spiro atoms. The Morgan fingerprint density at radius 3 is 2.50 bits per heavy atom. The van der Waals surface area contributed by atoms with Crippen LogP contribution in [-0.4, -0.2) is 15.8 Å². The van der Waals surface area contributed by atoms with Crippen molar-refractivity contribution in [1.82, 2.24) is 9.97 Å². The van der Waals surface area contributed by atoms with E-state index in [0.29, 0.717) is 12.0 Å². The maximum atomic E-state index is 12.4. The minimum absolute atomic E-state index is 0.